The summed E-state index contributed by atoms with van der Waals surface area (Å²) in [6.07, 6.45) is 0. The van der Waals surface area contributed by atoms with Crippen LogP contribution < -0.4 is 10.6 Å². The smallest absolute Gasteiger partial charge is 0.251 e. The monoisotopic (exact) mass is 293 g/mol. The van der Waals surface area contributed by atoms with Gasteiger partial charge in [0, 0.05) is 37.9 Å². The molecule has 0 saturated carbocycles. The minimum Gasteiger partial charge on any atom is -0.383 e. The standard InChI is InChI=1S/C15H23N3O3/c1-18(2)10-8-16-14(19)12-4-6-13(7-5-12)15(20)17-9-11-21-3/h4-7H,8-11H2,1-3H3,(H,16,19)(H,17,20). The zero-order valence-corrected chi connectivity index (χ0v) is 12.8. The molecule has 116 valence electrons. The second kappa shape index (κ2) is 9.10. The lowest BCUT2D eigenvalue weighted by molar-refractivity contribution is 0.0930. The van der Waals surface area contributed by atoms with Crippen LogP contribution in [0.1, 0.15) is 20.7 Å². The van der Waals surface area contributed by atoms with Crippen molar-refractivity contribution in [2.45, 2.75) is 0 Å². The second-order valence-electron chi connectivity index (χ2n) is 4.89. The van der Waals surface area contributed by atoms with E-state index < -0.39 is 0 Å². The molecule has 6 heteroatoms. The summed E-state index contributed by atoms with van der Waals surface area (Å²) in [7, 11) is 5.47. The molecule has 6 nitrogen and oxygen atoms in total. The van der Waals surface area contributed by atoms with Gasteiger partial charge in [-0.3, -0.25) is 9.59 Å². The van der Waals surface area contributed by atoms with Crippen molar-refractivity contribution < 1.29 is 14.3 Å². The highest BCUT2D eigenvalue weighted by atomic mass is 16.5. The molecule has 2 N–H and O–H groups in total. The fourth-order valence-electron chi connectivity index (χ4n) is 1.64. The summed E-state index contributed by atoms with van der Waals surface area (Å²) in [5.74, 6) is -0.310. The minimum absolute atomic E-state index is 0.136. The number of nitrogens with zero attached hydrogens (tertiary/aromatic N) is 1. The van der Waals surface area contributed by atoms with Crippen LogP contribution in [0.5, 0.6) is 0 Å². The van der Waals surface area contributed by atoms with Crippen LogP contribution >= 0.6 is 0 Å². The molecule has 0 aliphatic carbocycles. The molecular formula is C15H23N3O3. The van der Waals surface area contributed by atoms with Gasteiger partial charge in [0.1, 0.15) is 0 Å². The molecule has 21 heavy (non-hydrogen) atoms. The van der Waals surface area contributed by atoms with Crippen molar-refractivity contribution in [3.05, 3.63) is 35.4 Å². The topological polar surface area (TPSA) is 70.7 Å². The molecule has 1 rings (SSSR count). The number of rotatable bonds is 8. The number of hydrogen-bond acceptors (Lipinski definition) is 4. The van der Waals surface area contributed by atoms with Crippen LogP contribution in [0, 0.1) is 0 Å². The summed E-state index contributed by atoms with van der Waals surface area (Å²) < 4.78 is 4.86. The van der Waals surface area contributed by atoms with Gasteiger partial charge in [0.25, 0.3) is 11.8 Å². The van der Waals surface area contributed by atoms with Crippen LogP contribution in [0.25, 0.3) is 0 Å². The lowest BCUT2D eigenvalue weighted by Crippen LogP contribution is -2.31. The number of amides is 2. The van der Waals surface area contributed by atoms with E-state index in [-0.39, 0.29) is 11.8 Å². The number of ether oxygens (including phenoxy) is 1. The molecule has 0 radical (unpaired) electrons. The number of methoxy groups -OCH3 is 1. The van der Waals surface area contributed by atoms with E-state index in [9.17, 15) is 9.59 Å². The van der Waals surface area contributed by atoms with E-state index >= 15 is 0 Å². The molecule has 0 unspecified atom stereocenters. The normalized spacial score (nSPS) is 10.5. The molecule has 0 spiro atoms. The first-order valence-electron chi connectivity index (χ1n) is 6.84. The maximum atomic E-state index is 11.9. The molecular weight excluding hydrogens is 270 g/mol. The van der Waals surface area contributed by atoms with Gasteiger partial charge >= 0.3 is 0 Å². The van der Waals surface area contributed by atoms with Gasteiger partial charge in [-0.15, -0.1) is 0 Å². The third kappa shape index (κ3) is 6.37. The lowest BCUT2D eigenvalue weighted by Gasteiger charge is -2.10. The lowest BCUT2D eigenvalue weighted by atomic mass is 10.1. The van der Waals surface area contributed by atoms with Gasteiger partial charge in [0.15, 0.2) is 0 Å². The van der Waals surface area contributed by atoms with Crippen LogP contribution in [-0.2, 0) is 4.74 Å². The SMILES string of the molecule is COCCNC(=O)c1ccc(C(=O)NCCN(C)C)cc1. The Morgan fingerprint density at radius 3 is 1.90 bits per heavy atom. The van der Waals surface area contributed by atoms with Gasteiger partial charge in [-0.2, -0.15) is 0 Å². The molecule has 0 aromatic heterocycles. The number of benzene rings is 1. The molecule has 0 atom stereocenters. The Morgan fingerprint density at radius 1 is 1.00 bits per heavy atom. The fraction of sp³-hybridized carbons (Fsp3) is 0.467. The van der Waals surface area contributed by atoms with Gasteiger partial charge in [-0.1, -0.05) is 0 Å². The predicted octanol–water partition coefficient (Wildman–Crippen LogP) is 0.354. The van der Waals surface area contributed by atoms with Crippen LogP contribution in [0.3, 0.4) is 0 Å². The van der Waals surface area contributed by atoms with E-state index in [0.717, 1.165) is 6.54 Å². The first-order valence-corrected chi connectivity index (χ1v) is 6.84. The van der Waals surface area contributed by atoms with Gasteiger partial charge < -0.3 is 20.3 Å². The average Bonchev–Trinajstić information content (AvgIpc) is 2.47. The Kier molecular flexibility index (Phi) is 7.42. The first-order chi connectivity index (χ1) is 10.0. The zero-order valence-electron chi connectivity index (χ0n) is 12.8. The highest BCUT2D eigenvalue weighted by Gasteiger charge is 2.08. The van der Waals surface area contributed by atoms with Crippen LogP contribution in [0.2, 0.25) is 0 Å². The third-order valence-corrected chi connectivity index (χ3v) is 2.85. The summed E-state index contributed by atoms with van der Waals surface area (Å²) in [6.45, 7) is 2.30. The van der Waals surface area contributed by atoms with Crippen LogP contribution in [-0.4, -0.2) is 64.2 Å². The van der Waals surface area contributed by atoms with Crippen molar-refractivity contribution in [2.75, 3.05) is 47.4 Å². The van der Waals surface area contributed by atoms with Crippen molar-refractivity contribution in [1.82, 2.24) is 15.5 Å². The van der Waals surface area contributed by atoms with Crippen LogP contribution in [0.4, 0.5) is 0 Å². The molecule has 0 heterocycles. The summed E-state index contributed by atoms with van der Waals surface area (Å²) in [6, 6.07) is 6.58. The molecule has 2 amide bonds. The second-order valence-corrected chi connectivity index (χ2v) is 4.89. The Hall–Kier alpha value is -1.92. The highest BCUT2D eigenvalue weighted by Crippen LogP contribution is 2.04. The number of hydrogen-bond donors (Lipinski definition) is 2. The predicted molar refractivity (Wildman–Crippen MR) is 81.5 cm³/mol. The van der Waals surface area contributed by atoms with Gasteiger partial charge in [-0.25, -0.2) is 0 Å². The van der Waals surface area contributed by atoms with Crippen molar-refractivity contribution in [1.29, 1.82) is 0 Å². The van der Waals surface area contributed by atoms with E-state index in [0.29, 0.717) is 30.8 Å². The summed E-state index contributed by atoms with van der Waals surface area (Å²) in [5.41, 5.74) is 1.07. The van der Waals surface area contributed by atoms with E-state index in [4.69, 9.17) is 4.74 Å². The van der Waals surface area contributed by atoms with Crippen LogP contribution in [0.15, 0.2) is 24.3 Å². The van der Waals surface area contributed by atoms with Crippen molar-refractivity contribution >= 4 is 11.8 Å². The van der Waals surface area contributed by atoms with Gasteiger partial charge in [0.2, 0.25) is 0 Å². The Morgan fingerprint density at radius 2 is 1.48 bits per heavy atom. The van der Waals surface area contributed by atoms with Crippen molar-refractivity contribution in [3.63, 3.8) is 0 Å². The van der Waals surface area contributed by atoms with Gasteiger partial charge in [-0.05, 0) is 38.4 Å². The molecule has 1 aromatic carbocycles. The van der Waals surface area contributed by atoms with Gasteiger partial charge in [0.05, 0.1) is 6.61 Å². The van der Waals surface area contributed by atoms with Crippen molar-refractivity contribution in [2.24, 2.45) is 0 Å². The first kappa shape index (κ1) is 17.1. The largest absolute Gasteiger partial charge is 0.383 e. The summed E-state index contributed by atoms with van der Waals surface area (Å²) >= 11 is 0. The molecule has 1 aromatic rings. The summed E-state index contributed by atoms with van der Waals surface area (Å²) in [4.78, 5) is 25.6. The number of carbonyl (C=O) groups excluding carboxylic acids is 2. The Balaban J connectivity index is 2.49. The highest BCUT2D eigenvalue weighted by molar-refractivity contribution is 5.97. The Labute approximate surface area is 125 Å². The van der Waals surface area contributed by atoms with Crippen molar-refractivity contribution in [3.8, 4) is 0 Å². The number of likely N-dealkylation sites (N-methyl/N-ethyl adjacent to an activating group) is 1. The molecule has 0 fully saturated rings. The quantitative estimate of drug-likeness (QED) is 0.679. The maximum absolute atomic E-state index is 11.9. The van der Waals surface area contributed by atoms with E-state index in [1.807, 2.05) is 19.0 Å². The minimum atomic E-state index is -0.174. The Bertz CT molecular complexity index is 458. The third-order valence-electron chi connectivity index (χ3n) is 2.85. The van der Waals surface area contributed by atoms with E-state index in [1.54, 1.807) is 31.4 Å². The molecule has 0 aliphatic heterocycles. The average molecular weight is 293 g/mol. The van der Waals surface area contributed by atoms with E-state index in [1.165, 1.54) is 0 Å². The zero-order chi connectivity index (χ0) is 15.7. The molecule has 0 saturated heterocycles. The molecule has 0 bridgehead atoms. The fourth-order valence-corrected chi connectivity index (χ4v) is 1.64. The van der Waals surface area contributed by atoms with E-state index in [2.05, 4.69) is 10.6 Å². The summed E-state index contributed by atoms with van der Waals surface area (Å²) in [5, 5.41) is 5.55. The number of nitrogens with one attached hydrogen (secondary N) is 2. The number of carbonyl (C=O) groups is 2. The maximum Gasteiger partial charge on any atom is 0.251 e. The molecule has 0 aliphatic rings.